The van der Waals surface area contributed by atoms with E-state index < -0.39 is 29.9 Å². The Hall–Kier alpha value is -3.52. The summed E-state index contributed by atoms with van der Waals surface area (Å²) in [6.45, 7) is 7.09. The van der Waals surface area contributed by atoms with Gasteiger partial charge in [-0.1, -0.05) is 0 Å². The van der Waals surface area contributed by atoms with Crippen LogP contribution in [-0.4, -0.2) is 88.1 Å². The van der Waals surface area contributed by atoms with Gasteiger partial charge in [0, 0.05) is 61.5 Å². The zero-order chi connectivity index (χ0) is 32.0. The third-order valence-corrected chi connectivity index (χ3v) is 10.6. The number of nitrogens with zero attached hydrogens (tertiary/aromatic N) is 5. The number of piperazine rings is 1. The van der Waals surface area contributed by atoms with Crippen LogP contribution in [0, 0.1) is 12.3 Å². The number of fused-ring (bicyclic) bond motifs is 4. The maximum atomic E-state index is 14.5. The van der Waals surface area contributed by atoms with Crippen molar-refractivity contribution in [2.24, 2.45) is 5.41 Å². The Morgan fingerprint density at radius 1 is 1.15 bits per heavy atom. The number of alkyl halides is 4. The molecule has 246 valence electrons. The summed E-state index contributed by atoms with van der Waals surface area (Å²) in [6, 6.07) is 0.784. The number of nitrogens with one attached hydrogen (secondary N) is 3. The lowest BCUT2D eigenvalue weighted by Gasteiger charge is -2.41. The quantitative estimate of drug-likeness (QED) is 0.329. The van der Waals surface area contributed by atoms with Crippen molar-refractivity contribution < 1.29 is 27.1 Å². The maximum absolute atomic E-state index is 14.5. The molecule has 3 N–H and O–H groups in total. The van der Waals surface area contributed by atoms with Crippen LogP contribution in [-0.2, 0) is 12.6 Å². The van der Waals surface area contributed by atoms with Gasteiger partial charge in [-0.25, -0.2) is 4.39 Å². The van der Waals surface area contributed by atoms with Gasteiger partial charge in [-0.3, -0.25) is 14.8 Å². The van der Waals surface area contributed by atoms with Gasteiger partial charge in [-0.15, -0.1) is 0 Å². The fourth-order valence-corrected chi connectivity index (χ4v) is 8.24. The summed E-state index contributed by atoms with van der Waals surface area (Å²) in [6.07, 6.45) is 0.410. The van der Waals surface area contributed by atoms with Crippen LogP contribution in [0.5, 0.6) is 6.01 Å². The molecule has 1 aliphatic carbocycles. The molecule has 3 aromatic rings. The van der Waals surface area contributed by atoms with Gasteiger partial charge in [0.2, 0.25) is 0 Å². The van der Waals surface area contributed by atoms with E-state index in [1.54, 1.807) is 0 Å². The first kappa shape index (κ1) is 29.9. The predicted molar refractivity (Wildman–Crippen MR) is 162 cm³/mol. The lowest BCUT2D eigenvalue weighted by atomic mass is 9.87. The fourth-order valence-electron chi connectivity index (χ4n) is 8.24. The van der Waals surface area contributed by atoms with Crippen LogP contribution in [0.3, 0.4) is 0 Å². The first-order valence-corrected chi connectivity index (χ1v) is 16.2. The van der Waals surface area contributed by atoms with Crippen molar-refractivity contribution in [3.8, 4) is 6.01 Å². The SMILES string of the molecule is Cc1cc2[nH]ncc2c(C2Cc3nc(OCC4(CN5CC[C@@H](F)C5)CC4)nc(N4C[C@H]5CC[C@](C)(C4)N5)c3C(=O)N2)c1C(F)(F)F. The molecular weight excluding hydrogens is 604 g/mol. The molecule has 5 aliphatic rings. The van der Waals surface area contributed by atoms with Crippen LogP contribution < -0.4 is 20.3 Å². The molecule has 0 spiro atoms. The molecule has 6 heterocycles. The zero-order valence-corrected chi connectivity index (χ0v) is 25.9. The largest absolute Gasteiger partial charge is 0.463 e. The van der Waals surface area contributed by atoms with E-state index in [2.05, 4.69) is 37.6 Å². The number of carbonyl (C=O) groups is 1. The molecule has 1 saturated carbocycles. The number of aryl methyl sites for hydroxylation is 1. The van der Waals surface area contributed by atoms with Crippen LogP contribution in [0.25, 0.3) is 10.9 Å². The Labute approximate surface area is 263 Å². The van der Waals surface area contributed by atoms with Crippen molar-refractivity contribution in [3.05, 3.63) is 40.2 Å². The van der Waals surface area contributed by atoms with E-state index in [-0.39, 0.29) is 46.1 Å². The van der Waals surface area contributed by atoms with Crippen molar-refractivity contribution in [2.45, 2.75) is 82.3 Å². The van der Waals surface area contributed by atoms with Crippen molar-refractivity contribution in [3.63, 3.8) is 0 Å². The standard InChI is InChI=1S/C32H38F4N8O2/c1-17-9-21-20(11-37-42-21)24(26(17)32(34,35)36)22-10-23-25(28(45)38-22)27(44-13-19-3-5-30(2,14-44)41-19)40-29(39-23)46-16-31(6-7-31)15-43-8-4-18(33)12-43/h9,11,18-19,22,41H,3-8,10,12-16H2,1-2H3,(H,37,42)(H,38,45)/t18-,19-,22?,30-/m1/s1. The van der Waals surface area contributed by atoms with Gasteiger partial charge in [-0.05, 0) is 63.1 Å². The smallest absolute Gasteiger partial charge is 0.417 e. The zero-order valence-electron chi connectivity index (χ0n) is 25.9. The molecule has 1 amide bonds. The molecule has 46 heavy (non-hydrogen) atoms. The lowest BCUT2D eigenvalue weighted by molar-refractivity contribution is -0.138. The molecule has 2 bridgehead atoms. The van der Waals surface area contributed by atoms with Crippen LogP contribution in [0.4, 0.5) is 23.4 Å². The Morgan fingerprint density at radius 2 is 1.98 bits per heavy atom. The second kappa shape index (κ2) is 10.5. The van der Waals surface area contributed by atoms with E-state index in [4.69, 9.17) is 14.7 Å². The Bertz CT molecular complexity index is 1710. The summed E-state index contributed by atoms with van der Waals surface area (Å²) >= 11 is 0. The van der Waals surface area contributed by atoms with Crippen molar-refractivity contribution in [2.75, 3.05) is 44.2 Å². The fraction of sp³-hybridized carbons (Fsp3) is 0.625. The minimum absolute atomic E-state index is 0.0284. The highest BCUT2D eigenvalue weighted by Gasteiger charge is 2.47. The van der Waals surface area contributed by atoms with Gasteiger partial charge < -0.3 is 20.3 Å². The third-order valence-electron chi connectivity index (χ3n) is 10.6. The molecule has 0 radical (unpaired) electrons. The molecule has 14 heteroatoms. The highest BCUT2D eigenvalue weighted by molar-refractivity contribution is 6.02. The maximum Gasteiger partial charge on any atom is 0.417 e. The number of hydrogen-bond acceptors (Lipinski definition) is 8. The highest BCUT2D eigenvalue weighted by atomic mass is 19.4. The molecule has 4 fully saturated rings. The number of benzene rings is 1. The topological polar surface area (TPSA) is 111 Å². The molecule has 1 unspecified atom stereocenters. The van der Waals surface area contributed by atoms with E-state index in [0.717, 1.165) is 38.8 Å². The number of halogens is 4. The monoisotopic (exact) mass is 642 g/mol. The number of likely N-dealkylation sites (tertiary alicyclic amines) is 1. The van der Waals surface area contributed by atoms with Crippen LogP contribution in [0.15, 0.2) is 12.3 Å². The summed E-state index contributed by atoms with van der Waals surface area (Å²) in [4.78, 5) is 27.7. The number of aromatic nitrogens is 4. The number of hydrogen-bond donors (Lipinski definition) is 3. The van der Waals surface area contributed by atoms with Crippen LogP contribution in [0.1, 0.15) is 77.8 Å². The first-order valence-electron chi connectivity index (χ1n) is 16.2. The second-order valence-electron chi connectivity index (χ2n) is 14.4. The van der Waals surface area contributed by atoms with E-state index in [9.17, 15) is 22.4 Å². The van der Waals surface area contributed by atoms with Crippen molar-refractivity contribution in [1.29, 1.82) is 0 Å². The van der Waals surface area contributed by atoms with E-state index in [1.165, 1.54) is 19.2 Å². The summed E-state index contributed by atoms with van der Waals surface area (Å²) in [5.41, 5.74) is 0.0904. The number of H-pyrrole nitrogens is 1. The summed E-state index contributed by atoms with van der Waals surface area (Å²) < 4.78 is 63.7. The number of anilines is 1. The average Bonchev–Trinajstić information content (AvgIpc) is 3.24. The van der Waals surface area contributed by atoms with Gasteiger partial charge in [0.05, 0.1) is 35.6 Å². The van der Waals surface area contributed by atoms with E-state index in [1.807, 2.05) is 0 Å². The number of rotatable bonds is 7. The number of carbonyl (C=O) groups excluding carboxylic acids is 1. The van der Waals surface area contributed by atoms with Gasteiger partial charge in [0.15, 0.2) is 0 Å². The van der Waals surface area contributed by atoms with Crippen molar-refractivity contribution >= 4 is 22.6 Å². The normalized spacial score (nSPS) is 28.9. The molecule has 2 aromatic heterocycles. The minimum atomic E-state index is -4.65. The minimum Gasteiger partial charge on any atom is -0.463 e. The van der Waals surface area contributed by atoms with E-state index >= 15 is 0 Å². The molecule has 3 saturated heterocycles. The Morgan fingerprint density at radius 3 is 2.70 bits per heavy atom. The molecule has 10 nitrogen and oxygen atoms in total. The lowest BCUT2D eigenvalue weighted by Crippen LogP contribution is -2.58. The predicted octanol–water partition coefficient (Wildman–Crippen LogP) is 4.24. The summed E-state index contributed by atoms with van der Waals surface area (Å²) in [5.74, 6) is -0.0578. The number of aromatic amines is 1. The third kappa shape index (κ3) is 5.26. The second-order valence-corrected chi connectivity index (χ2v) is 14.4. The van der Waals surface area contributed by atoms with Crippen LogP contribution in [0.2, 0.25) is 0 Å². The first-order chi connectivity index (χ1) is 21.9. The summed E-state index contributed by atoms with van der Waals surface area (Å²) in [5, 5.41) is 13.6. The highest BCUT2D eigenvalue weighted by Crippen LogP contribution is 2.48. The van der Waals surface area contributed by atoms with Gasteiger partial charge >= 0.3 is 12.2 Å². The van der Waals surface area contributed by atoms with Gasteiger partial charge in [0.25, 0.3) is 5.91 Å². The number of ether oxygens (including phenoxy) is 1. The van der Waals surface area contributed by atoms with Gasteiger partial charge in [0.1, 0.15) is 17.6 Å². The Kier molecular flexibility index (Phi) is 6.81. The van der Waals surface area contributed by atoms with Gasteiger partial charge in [-0.2, -0.15) is 28.2 Å². The number of amides is 1. The molecule has 4 aliphatic heterocycles. The molecular formula is C32H38F4N8O2. The average molecular weight is 643 g/mol. The van der Waals surface area contributed by atoms with E-state index in [0.29, 0.717) is 55.1 Å². The van der Waals surface area contributed by atoms with Crippen LogP contribution >= 0.6 is 0 Å². The van der Waals surface area contributed by atoms with Crippen molar-refractivity contribution in [1.82, 2.24) is 35.7 Å². The molecule has 1 aromatic carbocycles. The Balaban J connectivity index is 1.16. The molecule has 4 atom stereocenters. The molecule has 8 rings (SSSR count). The summed E-state index contributed by atoms with van der Waals surface area (Å²) in [7, 11) is 0.